The molecule has 0 bridgehead atoms. The van der Waals surface area contributed by atoms with Crippen LogP contribution in [0, 0.1) is 5.92 Å². The second-order valence-corrected chi connectivity index (χ2v) is 10.1. The fourth-order valence-electron chi connectivity index (χ4n) is 4.02. The number of carbonyl (C=O) groups excluding carboxylic acids is 2. The van der Waals surface area contributed by atoms with Crippen LogP contribution in [0.4, 0.5) is 5.69 Å². The van der Waals surface area contributed by atoms with Gasteiger partial charge in [-0.15, -0.1) is 0 Å². The molecule has 1 unspecified atom stereocenters. The van der Waals surface area contributed by atoms with Gasteiger partial charge in [-0.25, -0.2) is 8.42 Å². The van der Waals surface area contributed by atoms with Crippen molar-refractivity contribution in [2.45, 2.75) is 56.9 Å². The molecular formula is C21H31N3O5S. The Morgan fingerprint density at radius 3 is 2.40 bits per heavy atom. The number of nitrogens with one attached hydrogen (secondary N) is 1. The molecule has 0 aromatic heterocycles. The summed E-state index contributed by atoms with van der Waals surface area (Å²) >= 11 is 0. The molecule has 0 radical (unpaired) electrons. The Bertz CT molecular complexity index is 892. The average molecular weight is 438 g/mol. The number of ether oxygens (including phenoxy) is 1. The van der Waals surface area contributed by atoms with Gasteiger partial charge < -0.3 is 15.0 Å². The van der Waals surface area contributed by atoms with Crippen LogP contribution in [0.1, 0.15) is 46.0 Å². The molecule has 0 aliphatic carbocycles. The van der Waals surface area contributed by atoms with E-state index in [2.05, 4.69) is 5.32 Å². The van der Waals surface area contributed by atoms with Crippen LogP contribution < -0.4 is 10.1 Å². The van der Waals surface area contributed by atoms with Gasteiger partial charge in [-0.2, -0.15) is 4.31 Å². The number of sulfonamides is 1. The summed E-state index contributed by atoms with van der Waals surface area (Å²) in [6, 6.07) is 4.55. The van der Waals surface area contributed by atoms with E-state index in [0.29, 0.717) is 31.1 Å². The lowest BCUT2D eigenvalue weighted by molar-refractivity contribution is -0.129. The van der Waals surface area contributed by atoms with E-state index >= 15 is 0 Å². The van der Waals surface area contributed by atoms with Crippen LogP contribution in [0.15, 0.2) is 23.1 Å². The monoisotopic (exact) mass is 437 g/mol. The Morgan fingerprint density at radius 2 is 1.83 bits per heavy atom. The number of likely N-dealkylation sites (tertiary alicyclic amines) is 1. The fourth-order valence-corrected chi connectivity index (χ4v) is 5.56. The second-order valence-electron chi connectivity index (χ2n) is 8.21. The molecule has 8 nitrogen and oxygen atoms in total. The topological polar surface area (TPSA) is 96.0 Å². The zero-order valence-electron chi connectivity index (χ0n) is 17.9. The fraction of sp³-hybridized carbons (Fsp3) is 0.619. The number of carbonyl (C=O) groups is 2. The van der Waals surface area contributed by atoms with Crippen LogP contribution in [0.2, 0.25) is 0 Å². The van der Waals surface area contributed by atoms with Crippen molar-refractivity contribution in [2.24, 2.45) is 5.92 Å². The molecule has 1 atom stereocenters. The van der Waals surface area contributed by atoms with E-state index in [1.807, 2.05) is 13.8 Å². The SMILES string of the molecule is COc1ccc(S(=O)(=O)N2CCCCCC2)cc1NC(=O)C1CC(=O)N(C(C)C)C1. The number of methoxy groups -OCH3 is 1. The first-order chi connectivity index (χ1) is 14.2. The van der Waals surface area contributed by atoms with Gasteiger partial charge in [-0.3, -0.25) is 9.59 Å². The molecule has 166 valence electrons. The van der Waals surface area contributed by atoms with E-state index in [0.717, 1.165) is 25.7 Å². The summed E-state index contributed by atoms with van der Waals surface area (Å²) in [6.45, 7) is 5.20. The van der Waals surface area contributed by atoms with Gasteiger partial charge in [0.2, 0.25) is 21.8 Å². The Morgan fingerprint density at radius 1 is 1.17 bits per heavy atom. The second kappa shape index (κ2) is 9.34. The number of amides is 2. The number of nitrogens with zero attached hydrogens (tertiary/aromatic N) is 2. The van der Waals surface area contributed by atoms with Gasteiger partial charge >= 0.3 is 0 Å². The van der Waals surface area contributed by atoms with E-state index in [1.54, 1.807) is 11.0 Å². The van der Waals surface area contributed by atoms with Gasteiger partial charge in [0, 0.05) is 32.1 Å². The minimum atomic E-state index is -3.65. The third kappa shape index (κ3) is 4.78. The largest absolute Gasteiger partial charge is 0.495 e. The molecule has 2 heterocycles. The van der Waals surface area contributed by atoms with Crippen LogP contribution >= 0.6 is 0 Å². The third-order valence-corrected chi connectivity index (χ3v) is 7.68. The highest BCUT2D eigenvalue weighted by Crippen LogP contribution is 2.31. The highest BCUT2D eigenvalue weighted by molar-refractivity contribution is 7.89. The quantitative estimate of drug-likeness (QED) is 0.738. The molecule has 2 amide bonds. The van der Waals surface area contributed by atoms with Crippen molar-refractivity contribution in [3.63, 3.8) is 0 Å². The standard InChI is InChI=1S/C21H31N3O5S/c1-15(2)24-14-16(12-20(24)25)21(26)22-18-13-17(8-9-19(18)29-3)30(27,28)23-10-6-4-5-7-11-23/h8-9,13,15-16H,4-7,10-12,14H2,1-3H3,(H,22,26). The van der Waals surface area contributed by atoms with Gasteiger partial charge in [0.15, 0.2) is 0 Å². The maximum atomic E-state index is 13.1. The predicted molar refractivity (Wildman–Crippen MR) is 114 cm³/mol. The minimum Gasteiger partial charge on any atom is -0.495 e. The van der Waals surface area contributed by atoms with Crippen molar-refractivity contribution < 1.29 is 22.7 Å². The van der Waals surface area contributed by atoms with Crippen LogP contribution in [0.3, 0.4) is 0 Å². The lowest BCUT2D eigenvalue weighted by atomic mass is 10.1. The van der Waals surface area contributed by atoms with Crippen molar-refractivity contribution >= 4 is 27.5 Å². The Hall–Kier alpha value is -2.13. The molecule has 30 heavy (non-hydrogen) atoms. The molecule has 2 fully saturated rings. The Balaban J connectivity index is 1.81. The molecule has 3 rings (SSSR count). The summed E-state index contributed by atoms with van der Waals surface area (Å²) in [5.41, 5.74) is 0.300. The van der Waals surface area contributed by atoms with Gasteiger partial charge in [0.1, 0.15) is 5.75 Å². The summed E-state index contributed by atoms with van der Waals surface area (Å²) < 4.78 is 33.1. The number of benzene rings is 1. The maximum Gasteiger partial charge on any atom is 0.243 e. The van der Waals surface area contributed by atoms with Crippen LogP contribution in [-0.2, 0) is 19.6 Å². The van der Waals surface area contributed by atoms with Crippen molar-refractivity contribution in [2.75, 3.05) is 32.1 Å². The highest BCUT2D eigenvalue weighted by atomic mass is 32.2. The zero-order valence-corrected chi connectivity index (χ0v) is 18.7. The van der Waals surface area contributed by atoms with E-state index in [-0.39, 0.29) is 29.2 Å². The summed E-state index contributed by atoms with van der Waals surface area (Å²) in [5.74, 6) is -0.456. The third-order valence-electron chi connectivity index (χ3n) is 5.78. The molecule has 1 aromatic rings. The Labute approximate surface area is 178 Å². The molecular weight excluding hydrogens is 406 g/mol. The molecule has 0 spiro atoms. The van der Waals surface area contributed by atoms with Gasteiger partial charge in [0.25, 0.3) is 0 Å². The zero-order chi connectivity index (χ0) is 21.9. The van der Waals surface area contributed by atoms with E-state index in [9.17, 15) is 18.0 Å². The van der Waals surface area contributed by atoms with Gasteiger partial charge in [0.05, 0.1) is 23.6 Å². The first-order valence-electron chi connectivity index (χ1n) is 10.5. The highest BCUT2D eigenvalue weighted by Gasteiger charge is 2.36. The average Bonchev–Trinajstić information content (AvgIpc) is 2.91. The van der Waals surface area contributed by atoms with Crippen molar-refractivity contribution in [3.8, 4) is 5.75 Å². The van der Waals surface area contributed by atoms with E-state index in [1.165, 1.54) is 23.5 Å². The number of rotatable bonds is 6. The molecule has 0 saturated carbocycles. The smallest absolute Gasteiger partial charge is 0.243 e. The molecule has 1 N–H and O–H groups in total. The molecule has 2 saturated heterocycles. The van der Waals surface area contributed by atoms with Gasteiger partial charge in [-0.1, -0.05) is 12.8 Å². The molecule has 2 aliphatic rings. The summed E-state index contributed by atoms with van der Waals surface area (Å²) in [5, 5.41) is 2.79. The van der Waals surface area contributed by atoms with E-state index in [4.69, 9.17) is 4.74 Å². The van der Waals surface area contributed by atoms with Crippen molar-refractivity contribution in [3.05, 3.63) is 18.2 Å². The summed E-state index contributed by atoms with van der Waals surface area (Å²) in [6.07, 6.45) is 3.91. The number of hydrogen-bond donors (Lipinski definition) is 1. The normalized spacial score (nSPS) is 21.0. The summed E-state index contributed by atoms with van der Waals surface area (Å²) in [4.78, 5) is 26.7. The summed E-state index contributed by atoms with van der Waals surface area (Å²) in [7, 11) is -2.19. The number of hydrogen-bond acceptors (Lipinski definition) is 5. The first-order valence-corrected chi connectivity index (χ1v) is 12.0. The van der Waals surface area contributed by atoms with Gasteiger partial charge in [-0.05, 0) is 44.9 Å². The Kier molecular flexibility index (Phi) is 7.02. The lowest BCUT2D eigenvalue weighted by Crippen LogP contribution is -2.33. The van der Waals surface area contributed by atoms with Crippen molar-refractivity contribution in [1.82, 2.24) is 9.21 Å². The van der Waals surface area contributed by atoms with E-state index < -0.39 is 15.9 Å². The van der Waals surface area contributed by atoms with Crippen LogP contribution in [0.25, 0.3) is 0 Å². The van der Waals surface area contributed by atoms with Crippen molar-refractivity contribution in [1.29, 1.82) is 0 Å². The molecule has 1 aromatic carbocycles. The molecule has 2 aliphatic heterocycles. The lowest BCUT2D eigenvalue weighted by Gasteiger charge is -2.22. The van der Waals surface area contributed by atoms with Crippen LogP contribution in [0.5, 0.6) is 5.75 Å². The first kappa shape index (κ1) is 22.6. The maximum absolute atomic E-state index is 13.1. The predicted octanol–water partition coefficient (Wildman–Crippen LogP) is 2.46. The van der Waals surface area contributed by atoms with Crippen LogP contribution in [-0.4, -0.2) is 62.2 Å². The number of anilines is 1. The molecule has 9 heteroatoms. The minimum absolute atomic E-state index is 0.0342.